The van der Waals surface area contributed by atoms with Gasteiger partial charge in [-0.05, 0) is 109 Å². The quantitative estimate of drug-likeness (QED) is 0.464. The highest BCUT2D eigenvalue weighted by Crippen LogP contribution is 2.76. The van der Waals surface area contributed by atoms with Crippen LogP contribution in [0.25, 0.3) is 0 Å². The van der Waals surface area contributed by atoms with Crippen LogP contribution >= 0.6 is 0 Å². The molecule has 0 bridgehead atoms. The maximum absolute atomic E-state index is 12.7. The van der Waals surface area contributed by atoms with Crippen LogP contribution in [0.3, 0.4) is 0 Å². The van der Waals surface area contributed by atoms with Gasteiger partial charge in [0.1, 0.15) is 5.78 Å². The predicted molar refractivity (Wildman–Crippen MR) is 116 cm³/mol. The molecule has 0 aromatic rings. The molecule has 0 unspecified atom stereocenters. The van der Waals surface area contributed by atoms with Gasteiger partial charge in [-0.25, -0.2) is 0 Å². The number of fused-ring (bicyclic) bond motifs is 7. The van der Waals surface area contributed by atoms with Crippen LogP contribution in [0.2, 0.25) is 0 Å². The lowest BCUT2D eigenvalue weighted by Crippen LogP contribution is -2.63. The molecule has 1 nitrogen and oxygen atoms in total. The van der Waals surface area contributed by atoms with Crippen molar-refractivity contribution in [2.45, 2.75) is 106 Å². The summed E-state index contributed by atoms with van der Waals surface area (Å²) in [4.78, 5) is 12.7. The molecule has 0 radical (unpaired) electrons. The van der Waals surface area contributed by atoms with Crippen LogP contribution in [0.1, 0.15) is 106 Å². The zero-order valence-corrected chi connectivity index (χ0v) is 19.4. The van der Waals surface area contributed by atoms with Gasteiger partial charge in [0.15, 0.2) is 0 Å². The van der Waals surface area contributed by atoms with E-state index in [4.69, 9.17) is 0 Å². The van der Waals surface area contributed by atoms with E-state index in [-0.39, 0.29) is 0 Å². The van der Waals surface area contributed by atoms with Gasteiger partial charge in [0.2, 0.25) is 0 Å². The van der Waals surface area contributed by atoms with E-state index in [1.54, 1.807) is 0 Å². The Morgan fingerprint density at radius 1 is 0.821 bits per heavy atom. The van der Waals surface area contributed by atoms with Crippen molar-refractivity contribution in [1.29, 1.82) is 0 Å². The van der Waals surface area contributed by atoms with Crippen LogP contribution in [0.15, 0.2) is 0 Å². The Morgan fingerprint density at radius 3 is 2.29 bits per heavy atom. The molecular formula is C27H44O. The highest BCUT2D eigenvalue weighted by Gasteiger charge is 2.69. The molecule has 9 atom stereocenters. The first-order valence-electron chi connectivity index (χ1n) is 12.6. The number of hydrogen-bond donors (Lipinski definition) is 0. The maximum atomic E-state index is 12.7. The second-order valence-corrected chi connectivity index (χ2v) is 13.3. The number of Topliss-reactive ketones (excluding diaryl/α,β-unsaturated/α-hetero) is 1. The molecular weight excluding hydrogens is 340 g/mol. The fraction of sp³-hybridized carbons (Fsp3) is 0.963. The summed E-state index contributed by atoms with van der Waals surface area (Å²) < 4.78 is 0. The average molecular weight is 385 g/mol. The molecule has 5 fully saturated rings. The second-order valence-electron chi connectivity index (χ2n) is 13.3. The standard InChI is InChI=1S/C27H44O/c1-17(2)18-9-12-24(3)15-16-26(5)20(23(18)24)7-8-22-25(4)13-11-21(28)19(25)10-14-27(22,26)6/h17-20,22-23H,7-16H2,1-6H3/t18-,19-,20+,22+,23+,24+,25+,26+,27-/m0/s1. The van der Waals surface area contributed by atoms with Crippen LogP contribution in [-0.2, 0) is 4.79 Å². The number of hydrogen-bond acceptors (Lipinski definition) is 1. The van der Waals surface area contributed by atoms with E-state index in [1.165, 1.54) is 57.8 Å². The van der Waals surface area contributed by atoms with E-state index in [1.807, 2.05) is 0 Å². The van der Waals surface area contributed by atoms with Crippen LogP contribution in [0.5, 0.6) is 0 Å². The average Bonchev–Trinajstić information content (AvgIpc) is 3.13. The van der Waals surface area contributed by atoms with Crippen molar-refractivity contribution in [1.82, 2.24) is 0 Å². The first kappa shape index (κ1) is 19.6. The minimum Gasteiger partial charge on any atom is -0.299 e. The molecule has 5 aliphatic rings. The van der Waals surface area contributed by atoms with E-state index < -0.39 is 0 Å². The fourth-order valence-corrected chi connectivity index (χ4v) is 10.6. The van der Waals surface area contributed by atoms with Gasteiger partial charge in [0.25, 0.3) is 0 Å². The topological polar surface area (TPSA) is 17.1 Å². The third-order valence-electron chi connectivity index (χ3n) is 12.3. The van der Waals surface area contributed by atoms with E-state index in [9.17, 15) is 4.79 Å². The van der Waals surface area contributed by atoms with Gasteiger partial charge < -0.3 is 0 Å². The summed E-state index contributed by atoms with van der Waals surface area (Å²) in [6.45, 7) is 15.6. The second kappa shape index (κ2) is 5.88. The van der Waals surface area contributed by atoms with Gasteiger partial charge >= 0.3 is 0 Å². The van der Waals surface area contributed by atoms with E-state index in [0.717, 1.165) is 36.0 Å². The van der Waals surface area contributed by atoms with Crippen molar-refractivity contribution in [3.63, 3.8) is 0 Å². The summed E-state index contributed by atoms with van der Waals surface area (Å²) in [6, 6.07) is 0. The van der Waals surface area contributed by atoms with E-state index >= 15 is 0 Å². The summed E-state index contributed by atoms with van der Waals surface area (Å²) in [7, 11) is 0. The molecule has 0 aromatic carbocycles. The summed E-state index contributed by atoms with van der Waals surface area (Å²) in [5, 5.41) is 0. The minimum absolute atomic E-state index is 0.298. The summed E-state index contributed by atoms with van der Waals surface area (Å²) in [5.74, 6) is 5.39. The SMILES string of the molecule is CC(C)[C@@H]1CC[C@]2(C)CC[C@]3(C)[C@H](CC[C@@H]4[C@]5(C)CCC(=O)[C@@H]5CC[C@@]43C)[C@@H]12. The Hall–Kier alpha value is -0.330. The van der Waals surface area contributed by atoms with Crippen LogP contribution < -0.4 is 0 Å². The zero-order valence-electron chi connectivity index (χ0n) is 19.4. The maximum Gasteiger partial charge on any atom is 0.136 e. The van der Waals surface area contributed by atoms with Crippen molar-refractivity contribution in [3.05, 3.63) is 0 Å². The normalized spacial score (nSPS) is 58.2. The van der Waals surface area contributed by atoms with Crippen molar-refractivity contribution in [2.24, 2.45) is 57.2 Å². The Bertz CT molecular complexity index is 680. The van der Waals surface area contributed by atoms with Gasteiger partial charge in [0.05, 0.1) is 0 Å². The van der Waals surface area contributed by atoms with Gasteiger partial charge in [-0.3, -0.25) is 4.79 Å². The first-order valence-corrected chi connectivity index (χ1v) is 12.6. The van der Waals surface area contributed by atoms with Crippen molar-refractivity contribution < 1.29 is 4.79 Å². The van der Waals surface area contributed by atoms with E-state index in [0.29, 0.717) is 33.4 Å². The molecule has 0 aliphatic heterocycles. The number of rotatable bonds is 1. The zero-order chi connectivity index (χ0) is 20.1. The first-order chi connectivity index (χ1) is 13.1. The lowest BCUT2D eigenvalue weighted by Gasteiger charge is -2.70. The molecule has 0 saturated heterocycles. The van der Waals surface area contributed by atoms with Crippen molar-refractivity contribution in [2.75, 3.05) is 0 Å². The molecule has 5 rings (SSSR count). The Balaban J connectivity index is 1.55. The molecule has 158 valence electrons. The largest absolute Gasteiger partial charge is 0.299 e. The molecule has 5 aliphatic carbocycles. The summed E-state index contributed by atoms with van der Waals surface area (Å²) >= 11 is 0. The van der Waals surface area contributed by atoms with Crippen molar-refractivity contribution in [3.8, 4) is 0 Å². The van der Waals surface area contributed by atoms with Gasteiger partial charge in [-0.2, -0.15) is 0 Å². The highest BCUT2D eigenvalue weighted by atomic mass is 16.1. The molecule has 28 heavy (non-hydrogen) atoms. The molecule has 0 heterocycles. The number of ketones is 1. The Labute approximate surface area is 173 Å². The monoisotopic (exact) mass is 384 g/mol. The summed E-state index contributed by atoms with van der Waals surface area (Å²) in [6.07, 6.45) is 13.2. The highest BCUT2D eigenvalue weighted by molar-refractivity contribution is 5.84. The smallest absolute Gasteiger partial charge is 0.136 e. The van der Waals surface area contributed by atoms with Crippen LogP contribution in [0.4, 0.5) is 0 Å². The van der Waals surface area contributed by atoms with Gasteiger partial charge in [0, 0.05) is 12.3 Å². The number of carbonyl (C=O) groups is 1. The molecule has 0 spiro atoms. The lowest BCUT2D eigenvalue weighted by atomic mass is 9.35. The Morgan fingerprint density at radius 2 is 1.57 bits per heavy atom. The molecule has 0 aromatic heterocycles. The molecule has 0 N–H and O–H groups in total. The Kier molecular flexibility index (Phi) is 4.12. The molecule has 1 heteroatoms. The van der Waals surface area contributed by atoms with Gasteiger partial charge in [-0.1, -0.05) is 41.5 Å². The third-order valence-corrected chi connectivity index (χ3v) is 12.3. The van der Waals surface area contributed by atoms with Crippen LogP contribution in [0, 0.1) is 57.2 Å². The lowest BCUT2D eigenvalue weighted by molar-refractivity contribution is -0.213. The van der Waals surface area contributed by atoms with Crippen molar-refractivity contribution >= 4 is 5.78 Å². The minimum atomic E-state index is 0.298. The number of carbonyl (C=O) groups excluding carboxylic acids is 1. The molecule has 0 amide bonds. The third kappa shape index (κ3) is 2.18. The predicted octanol–water partition coefficient (Wildman–Crippen LogP) is 7.29. The summed E-state index contributed by atoms with van der Waals surface area (Å²) in [5.41, 5.74) is 1.83. The molecule has 5 saturated carbocycles. The van der Waals surface area contributed by atoms with E-state index in [2.05, 4.69) is 41.5 Å². The van der Waals surface area contributed by atoms with Crippen LogP contribution in [-0.4, -0.2) is 5.78 Å². The fourth-order valence-electron chi connectivity index (χ4n) is 10.6. The van der Waals surface area contributed by atoms with Gasteiger partial charge in [-0.15, -0.1) is 0 Å².